The lowest BCUT2D eigenvalue weighted by molar-refractivity contribution is 0.0649. The molecule has 42 heavy (non-hydrogen) atoms. The molecule has 3 aromatic rings. The van der Waals surface area contributed by atoms with E-state index in [1.807, 2.05) is 48.5 Å². The number of hydrogen-bond donors (Lipinski definition) is 0. The number of Topliss-reactive ketones (excluding diaryl/α,β-unsaturated/α-hetero) is 2. The van der Waals surface area contributed by atoms with Gasteiger partial charge in [0, 0.05) is 43.7 Å². The lowest BCUT2D eigenvalue weighted by Gasteiger charge is -2.31. The van der Waals surface area contributed by atoms with Crippen LogP contribution in [0, 0.1) is 23.2 Å². The fourth-order valence-corrected chi connectivity index (χ4v) is 6.01. The van der Waals surface area contributed by atoms with E-state index in [0.717, 1.165) is 44.5 Å². The lowest BCUT2D eigenvalue weighted by Crippen LogP contribution is -2.40. The molecule has 2 fully saturated rings. The number of nitrogens with zero attached hydrogens (tertiary/aromatic N) is 4. The molecule has 2 saturated heterocycles. The maximum atomic E-state index is 13.1. The molecule has 0 saturated carbocycles. The van der Waals surface area contributed by atoms with Gasteiger partial charge in [-0.15, -0.1) is 0 Å². The number of benzene rings is 2. The van der Waals surface area contributed by atoms with Crippen LogP contribution in [-0.2, 0) is 13.0 Å². The zero-order valence-corrected chi connectivity index (χ0v) is 24.3. The summed E-state index contributed by atoms with van der Waals surface area (Å²) in [5, 5.41) is 8.97. The number of hydrogen-bond acceptors (Lipinski definition) is 6. The highest BCUT2D eigenvalue weighted by atomic mass is 16.2. The predicted octanol–water partition coefficient (Wildman–Crippen LogP) is 5.74. The maximum Gasteiger partial charge on any atom is 0.255 e. The summed E-state index contributed by atoms with van der Waals surface area (Å²) < 4.78 is 0. The summed E-state index contributed by atoms with van der Waals surface area (Å²) in [4.78, 5) is 47.5. The van der Waals surface area contributed by atoms with Gasteiger partial charge in [-0.3, -0.25) is 24.3 Å². The number of carbonyl (C=O) groups is 3. The smallest absolute Gasteiger partial charge is 0.255 e. The monoisotopic (exact) mass is 562 g/mol. The molecule has 7 nitrogen and oxygen atoms in total. The summed E-state index contributed by atoms with van der Waals surface area (Å²) in [7, 11) is 0. The Labute approximate surface area is 248 Å². The van der Waals surface area contributed by atoms with Crippen LogP contribution in [0.3, 0.4) is 0 Å². The van der Waals surface area contributed by atoms with Crippen LogP contribution < -0.4 is 0 Å². The number of pyridine rings is 1. The summed E-state index contributed by atoms with van der Waals surface area (Å²) >= 11 is 0. The summed E-state index contributed by atoms with van der Waals surface area (Å²) in [6, 6.07) is 21.1. The molecule has 3 heterocycles. The molecule has 0 bridgehead atoms. The van der Waals surface area contributed by atoms with Crippen molar-refractivity contribution < 1.29 is 14.4 Å². The Morgan fingerprint density at radius 1 is 0.833 bits per heavy atom. The van der Waals surface area contributed by atoms with Crippen LogP contribution in [0.15, 0.2) is 66.9 Å². The SMILES string of the molecule is CCc1ccc(C(=O)C2CCN(C(=O)c3ccc(C(=O)CC4CCN(Cc5ccc(C#N)cc5)CC4)nc3)CC2)cc1. The first-order valence-electron chi connectivity index (χ1n) is 15.1. The number of likely N-dealkylation sites (tertiary alicyclic amines) is 2. The van der Waals surface area contributed by atoms with E-state index in [1.165, 1.54) is 17.3 Å². The minimum atomic E-state index is -0.102. The summed E-state index contributed by atoms with van der Waals surface area (Å²) in [6.45, 7) is 5.89. The second-order valence-corrected chi connectivity index (χ2v) is 11.6. The Morgan fingerprint density at radius 3 is 2.07 bits per heavy atom. The van der Waals surface area contributed by atoms with E-state index in [4.69, 9.17) is 5.26 Å². The minimum absolute atomic E-state index is 0.0193. The largest absolute Gasteiger partial charge is 0.339 e. The van der Waals surface area contributed by atoms with Crippen molar-refractivity contribution in [2.24, 2.45) is 11.8 Å². The molecule has 2 aliphatic rings. The second kappa shape index (κ2) is 13.7. The Bertz CT molecular complexity index is 1430. The van der Waals surface area contributed by atoms with Gasteiger partial charge in [0.15, 0.2) is 11.6 Å². The van der Waals surface area contributed by atoms with Gasteiger partial charge in [-0.1, -0.05) is 43.3 Å². The topological polar surface area (TPSA) is 94.4 Å². The molecule has 0 N–H and O–H groups in total. The van der Waals surface area contributed by atoms with Gasteiger partial charge in [0.25, 0.3) is 5.91 Å². The number of piperidine rings is 2. The average Bonchev–Trinajstić information content (AvgIpc) is 3.05. The van der Waals surface area contributed by atoms with Gasteiger partial charge in [0.05, 0.1) is 17.2 Å². The van der Waals surface area contributed by atoms with Gasteiger partial charge in [-0.25, -0.2) is 0 Å². The molecule has 1 aromatic heterocycles. The van der Waals surface area contributed by atoms with E-state index < -0.39 is 0 Å². The molecule has 0 unspecified atom stereocenters. The fraction of sp³-hybridized carbons (Fsp3) is 0.400. The summed E-state index contributed by atoms with van der Waals surface area (Å²) in [5.41, 5.74) is 4.70. The number of ketones is 2. The number of rotatable bonds is 9. The highest BCUT2D eigenvalue weighted by Gasteiger charge is 2.29. The van der Waals surface area contributed by atoms with Crippen LogP contribution in [0.25, 0.3) is 0 Å². The third kappa shape index (κ3) is 7.18. The van der Waals surface area contributed by atoms with E-state index in [1.54, 1.807) is 17.0 Å². The predicted molar refractivity (Wildman–Crippen MR) is 161 cm³/mol. The van der Waals surface area contributed by atoms with E-state index >= 15 is 0 Å². The van der Waals surface area contributed by atoms with Crippen molar-refractivity contribution in [3.05, 3.63) is 100 Å². The molecule has 2 aliphatic heterocycles. The van der Waals surface area contributed by atoms with Crippen LogP contribution >= 0.6 is 0 Å². The Morgan fingerprint density at radius 2 is 1.48 bits per heavy atom. The quantitative estimate of drug-likeness (QED) is 0.309. The van der Waals surface area contributed by atoms with E-state index in [2.05, 4.69) is 22.9 Å². The third-order valence-corrected chi connectivity index (χ3v) is 8.77. The first-order chi connectivity index (χ1) is 20.4. The van der Waals surface area contributed by atoms with Crippen LogP contribution in [0.1, 0.15) is 86.9 Å². The number of aromatic nitrogens is 1. The first-order valence-corrected chi connectivity index (χ1v) is 15.1. The van der Waals surface area contributed by atoms with Gasteiger partial charge in [-0.05, 0) is 86.5 Å². The van der Waals surface area contributed by atoms with E-state index in [0.29, 0.717) is 55.1 Å². The molecule has 2 aromatic carbocycles. The van der Waals surface area contributed by atoms with Crippen LogP contribution in [0.5, 0.6) is 0 Å². The first kappa shape index (κ1) is 29.3. The van der Waals surface area contributed by atoms with Crippen LogP contribution in [-0.4, -0.2) is 58.4 Å². The molecule has 216 valence electrons. The van der Waals surface area contributed by atoms with Crippen molar-refractivity contribution in [1.29, 1.82) is 5.26 Å². The van der Waals surface area contributed by atoms with Crippen LogP contribution in [0.4, 0.5) is 0 Å². The molecule has 1 amide bonds. The number of amides is 1. The van der Waals surface area contributed by atoms with Crippen LogP contribution in [0.2, 0.25) is 0 Å². The van der Waals surface area contributed by atoms with Crippen molar-refractivity contribution in [2.45, 2.75) is 52.0 Å². The normalized spacial score (nSPS) is 16.6. The molecule has 7 heteroatoms. The highest BCUT2D eigenvalue weighted by molar-refractivity contribution is 5.99. The Kier molecular flexibility index (Phi) is 9.55. The van der Waals surface area contributed by atoms with Gasteiger partial charge in [0.2, 0.25) is 0 Å². The zero-order chi connectivity index (χ0) is 29.5. The lowest BCUT2D eigenvalue weighted by atomic mass is 9.88. The molecular formula is C35H38N4O3. The third-order valence-electron chi connectivity index (χ3n) is 8.77. The second-order valence-electron chi connectivity index (χ2n) is 11.6. The highest BCUT2D eigenvalue weighted by Crippen LogP contribution is 2.25. The van der Waals surface area contributed by atoms with Crippen molar-refractivity contribution in [3.63, 3.8) is 0 Å². The Balaban J connectivity index is 1.06. The number of aryl methyl sites for hydroxylation is 1. The van der Waals surface area contributed by atoms with E-state index in [9.17, 15) is 14.4 Å². The zero-order valence-electron chi connectivity index (χ0n) is 24.3. The number of carbonyl (C=O) groups excluding carboxylic acids is 3. The van der Waals surface area contributed by atoms with Gasteiger partial charge in [-0.2, -0.15) is 5.26 Å². The van der Waals surface area contributed by atoms with Crippen molar-refractivity contribution in [1.82, 2.24) is 14.8 Å². The van der Waals surface area contributed by atoms with E-state index in [-0.39, 0.29) is 23.4 Å². The van der Waals surface area contributed by atoms with Gasteiger partial charge in [0.1, 0.15) is 5.69 Å². The number of nitriles is 1. The molecule has 0 spiro atoms. The summed E-state index contributed by atoms with van der Waals surface area (Å²) in [5.74, 6) is 0.334. The van der Waals surface area contributed by atoms with Gasteiger partial charge < -0.3 is 4.90 Å². The van der Waals surface area contributed by atoms with Crippen molar-refractivity contribution in [2.75, 3.05) is 26.2 Å². The molecule has 5 rings (SSSR count). The molecule has 0 aliphatic carbocycles. The molecule has 0 radical (unpaired) electrons. The minimum Gasteiger partial charge on any atom is -0.339 e. The maximum absolute atomic E-state index is 13.1. The Hall–Kier alpha value is -4.15. The van der Waals surface area contributed by atoms with Crippen molar-refractivity contribution >= 4 is 17.5 Å². The van der Waals surface area contributed by atoms with Crippen molar-refractivity contribution in [3.8, 4) is 6.07 Å². The molecular weight excluding hydrogens is 524 g/mol. The van der Waals surface area contributed by atoms with Gasteiger partial charge >= 0.3 is 0 Å². The molecule has 0 atom stereocenters. The summed E-state index contributed by atoms with van der Waals surface area (Å²) in [6.07, 6.45) is 6.15. The standard InChI is InChI=1S/C35H38N4O3/c1-2-25-7-9-29(10-8-25)34(41)30-15-19-39(20-16-30)35(42)31-11-12-32(37-23-31)33(40)21-26-13-17-38(18-14-26)24-28-5-3-27(22-36)4-6-28/h3-12,23,26,30H,2,13-21,24H2,1H3. The average molecular weight is 563 g/mol. The fourth-order valence-electron chi connectivity index (χ4n) is 6.01.